The van der Waals surface area contributed by atoms with Crippen molar-refractivity contribution >= 4 is 5.97 Å². The van der Waals surface area contributed by atoms with Crippen molar-refractivity contribution in [1.82, 2.24) is 0 Å². The number of rotatable bonds is 5. The lowest BCUT2D eigenvalue weighted by atomic mass is 9.78. The summed E-state index contributed by atoms with van der Waals surface area (Å²) in [7, 11) is 0. The van der Waals surface area contributed by atoms with Gasteiger partial charge in [0.2, 0.25) is 0 Å². The third-order valence-corrected chi connectivity index (χ3v) is 4.13. The molecule has 0 amide bonds. The number of carbonyl (C=O) groups is 1. The number of esters is 1. The van der Waals surface area contributed by atoms with Gasteiger partial charge in [-0.2, -0.15) is 0 Å². The van der Waals surface area contributed by atoms with Gasteiger partial charge in [0.25, 0.3) is 0 Å². The Morgan fingerprint density at radius 1 is 1.00 bits per heavy atom. The normalized spacial score (nSPS) is 11.7. The Kier molecular flexibility index (Phi) is 5.38. The van der Waals surface area contributed by atoms with Crippen LogP contribution in [0.25, 0.3) is 0 Å². The summed E-state index contributed by atoms with van der Waals surface area (Å²) in [4.78, 5) is 11.3. The van der Waals surface area contributed by atoms with E-state index >= 15 is 0 Å². The Bertz CT molecular complexity index is 677. The second-order valence-corrected chi connectivity index (χ2v) is 6.30. The molecule has 0 aromatic heterocycles. The molecule has 0 fully saturated rings. The van der Waals surface area contributed by atoms with Crippen molar-refractivity contribution < 1.29 is 9.53 Å². The topological polar surface area (TPSA) is 26.3 Å². The zero-order valence-corrected chi connectivity index (χ0v) is 14.3. The molecular formula is C21H24O2. The lowest BCUT2D eigenvalue weighted by Crippen LogP contribution is -2.18. The smallest absolute Gasteiger partial charge is 0.330 e. The van der Waals surface area contributed by atoms with E-state index in [0.717, 1.165) is 5.56 Å². The van der Waals surface area contributed by atoms with Crippen molar-refractivity contribution in [2.75, 3.05) is 0 Å². The second-order valence-electron chi connectivity index (χ2n) is 6.30. The van der Waals surface area contributed by atoms with Gasteiger partial charge in [0.1, 0.15) is 6.61 Å². The first kappa shape index (κ1) is 17.0. The average Bonchev–Trinajstić information content (AvgIpc) is 2.54. The van der Waals surface area contributed by atoms with E-state index in [2.05, 4.69) is 57.2 Å². The summed E-state index contributed by atoms with van der Waals surface area (Å²) in [5, 5.41) is 0. The molecule has 0 radical (unpaired) electrons. The van der Waals surface area contributed by atoms with Crippen molar-refractivity contribution in [3.05, 3.63) is 82.9 Å². The molecule has 0 atom stereocenters. The fourth-order valence-corrected chi connectivity index (χ4v) is 2.49. The molecule has 23 heavy (non-hydrogen) atoms. The van der Waals surface area contributed by atoms with E-state index in [1.807, 2.05) is 12.1 Å². The Hall–Kier alpha value is -2.35. The summed E-state index contributed by atoms with van der Waals surface area (Å²) in [5.74, 6) is -0.309. The van der Waals surface area contributed by atoms with Crippen LogP contribution in [0.5, 0.6) is 0 Å². The van der Waals surface area contributed by atoms with Crippen LogP contribution in [-0.4, -0.2) is 5.97 Å². The summed E-state index contributed by atoms with van der Waals surface area (Å²) < 4.78 is 5.17. The van der Waals surface area contributed by atoms with E-state index in [-0.39, 0.29) is 11.4 Å². The zero-order valence-electron chi connectivity index (χ0n) is 14.3. The molecule has 0 heterocycles. The maximum Gasteiger partial charge on any atom is 0.330 e. The summed E-state index contributed by atoms with van der Waals surface area (Å²) in [5.41, 5.74) is 4.72. The Labute approximate surface area is 138 Å². The zero-order chi connectivity index (χ0) is 16.9. The third kappa shape index (κ3) is 4.32. The first-order valence-electron chi connectivity index (χ1n) is 7.89. The first-order valence-corrected chi connectivity index (χ1v) is 7.89. The Morgan fingerprint density at radius 2 is 1.52 bits per heavy atom. The van der Waals surface area contributed by atoms with Gasteiger partial charge in [-0.05, 0) is 30.5 Å². The van der Waals surface area contributed by atoms with Crippen molar-refractivity contribution in [3.8, 4) is 0 Å². The lowest BCUT2D eigenvalue weighted by Gasteiger charge is -2.26. The Morgan fingerprint density at radius 3 is 2.04 bits per heavy atom. The molecule has 0 saturated carbocycles. The predicted molar refractivity (Wildman–Crippen MR) is 94.4 cm³/mol. The highest BCUT2D eigenvalue weighted by Gasteiger charge is 2.22. The van der Waals surface area contributed by atoms with Gasteiger partial charge in [-0.1, -0.05) is 74.0 Å². The van der Waals surface area contributed by atoms with Crippen molar-refractivity contribution in [2.45, 2.75) is 39.7 Å². The fourth-order valence-electron chi connectivity index (χ4n) is 2.49. The summed E-state index contributed by atoms with van der Waals surface area (Å²) >= 11 is 0. The van der Waals surface area contributed by atoms with Gasteiger partial charge in [0, 0.05) is 11.5 Å². The standard InChI is InChI=1S/C21H24O2/c1-5-6-20(22)23-15-17-9-13-19(14-10-17)21(3,4)18-11-7-16(2)8-12-18/h5-14H,15H2,1-4H3/b6-5+. The molecule has 0 spiro atoms. The largest absolute Gasteiger partial charge is 0.458 e. The third-order valence-electron chi connectivity index (χ3n) is 4.13. The number of ether oxygens (including phenoxy) is 1. The van der Waals surface area contributed by atoms with Crippen molar-refractivity contribution in [3.63, 3.8) is 0 Å². The van der Waals surface area contributed by atoms with Crippen LogP contribution in [0.15, 0.2) is 60.7 Å². The molecule has 0 bridgehead atoms. The fraction of sp³-hybridized carbons (Fsp3) is 0.286. The van der Waals surface area contributed by atoms with Crippen LogP contribution >= 0.6 is 0 Å². The molecule has 120 valence electrons. The molecule has 2 nitrogen and oxygen atoms in total. The molecule has 2 rings (SSSR count). The molecule has 0 aliphatic heterocycles. The van der Waals surface area contributed by atoms with E-state index in [0.29, 0.717) is 6.61 Å². The summed E-state index contributed by atoms with van der Waals surface area (Å²) in [6.45, 7) is 8.63. The molecule has 0 N–H and O–H groups in total. The van der Waals surface area contributed by atoms with Gasteiger partial charge < -0.3 is 4.74 Å². The minimum Gasteiger partial charge on any atom is -0.458 e. The van der Waals surface area contributed by atoms with Gasteiger partial charge >= 0.3 is 5.97 Å². The van der Waals surface area contributed by atoms with Crippen LogP contribution in [0.2, 0.25) is 0 Å². The SMILES string of the molecule is C/C=C/C(=O)OCc1ccc(C(C)(C)c2ccc(C)cc2)cc1. The van der Waals surface area contributed by atoms with E-state index in [1.54, 1.807) is 13.0 Å². The number of carbonyl (C=O) groups excluding carboxylic acids is 1. The number of allylic oxidation sites excluding steroid dienone is 1. The minimum absolute atomic E-state index is 0.0617. The highest BCUT2D eigenvalue weighted by molar-refractivity contribution is 5.81. The first-order chi connectivity index (χ1) is 10.9. The highest BCUT2D eigenvalue weighted by atomic mass is 16.5. The van der Waals surface area contributed by atoms with Gasteiger partial charge in [0.15, 0.2) is 0 Å². The van der Waals surface area contributed by atoms with Gasteiger partial charge in [-0.15, -0.1) is 0 Å². The molecule has 0 aliphatic rings. The van der Waals surface area contributed by atoms with E-state index in [1.165, 1.54) is 22.8 Å². The van der Waals surface area contributed by atoms with Gasteiger partial charge in [0.05, 0.1) is 0 Å². The number of hydrogen-bond acceptors (Lipinski definition) is 2. The second kappa shape index (κ2) is 7.28. The van der Waals surface area contributed by atoms with Crippen LogP contribution in [0.1, 0.15) is 43.0 Å². The van der Waals surface area contributed by atoms with Crippen LogP contribution in [0.4, 0.5) is 0 Å². The molecular weight excluding hydrogens is 284 g/mol. The van der Waals surface area contributed by atoms with Crippen LogP contribution in [0, 0.1) is 6.92 Å². The molecule has 0 unspecified atom stereocenters. The van der Waals surface area contributed by atoms with E-state index in [9.17, 15) is 4.79 Å². The lowest BCUT2D eigenvalue weighted by molar-refractivity contribution is -0.139. The monoisotopic (exact) mass is 308 g/mol. The minimum atomic E-state index is -0.309. The average molecular weight is 308 g/mol. The number of benzene rings is 2. The van der Waals surface area contributed by atoms with Crippen molar-refractivity contribution in [1.29, 1.82) is 0 Å². The Balaban J connectivity index is 2.11. The van der Waals surface area contributed by atoms with Crippen molar-refractivity contribution in [2.24, 2.45) is 0 Å². The maximum absolute atomic E-state index is 11.3. The van der Waals surface area contributed by atoms with Crippen LogP contribution < -0.4 is 0 Å². The highest BCUT2D eigenvalue weighted by Crippen LogP contribution is 2.31. The number of hydrogen-bond donors (Lipinski definition) is 0. The van der Waals surface area contributed by atoms with E-state index < -0.39 is 0 Å². The molecule has 0 aliphatic carbocycles. The van der Waals surface area contributed by atoms with Gasteiger partial charge in [-0.3, -0.25) is 0 Å². The maximum atomic E-state index is 11.3. The molecule has 2 heteroatoms. The predicted octanol–water partition coefficient (Wildman–Crippen LogP) is 4.94. The quantitative estimate of drug-likeness (QED) is 0.577. The van der Waals surface area contributed by atoms with Crippen LogP contribution in [0.3, 0.4) is 0 Å². The molecule has 2 aromatic rings. The summed E-state index contributed by atoms with van der Waals surface area (Å²) in [6, 6.07) is 16.9. The van der Waals surface area contributed by atoms with Crippen LogP contribution in [-0.2, 0) is 21.6 Å². The number of aryl methyl sites for hydroxylation is 1. The molecule has 0 saturated heterocycles. The van der Waals surface area contributed by atoms with Gasteiger partial charge in [-0.25, -0.2) is 4.79 Å². The van der Waals surface area contributed by atoms with E-state index in [4.69, 9.17) is 4.74 Å². The summed E-state index contributed by atoms with van der Waals surface area (Å²) in [6.07, 6.45) is 3.10. The molecule has 2 aromatic carbocycles.